The Labute approximate surface area is 116 Å². The van der Waals surface area contributed by atoms with Gasteiger partial charge in [-0.25, -0.2) is 0 Å². The summed E-state index contributed by atoms with van der Waals surface area (Å²) in [7, 11) is 1.43. The van der Waals surface area contributed by atoms with E-state index in [1.165, 1.54) is 19.2 Å². The van der Waals surface area contributed by atoms with Gasteiger partial charge >= 0.3 is 5.97 Å². The molecule has 6 nitrogen and oxygen atoms in total. The van der Waals surface area contributed by atoms with E-state index >= 15 is 0 Å². The molecule has 20 heavy (non-hydrogen) atoms. The van der Waals surface area contributed by atoms with E-state index in [0.29, 0.717) is 24.3 Å². The third-order valence-electron chi connectivity index (χ3n) is 3.47. The second-order valence-corrected chi connectivity index (χ2v) is 4.78. The van der Waals surface area contributed by atoms with Crippen molar-refractivity contribution in [1.29, 1.82) is 0 Å². The van der Waals surface area contributed by atoms with Crippen LogP contribution < -0.4 is 4.74 Å². The second-order valence-electron chi connectivity index (χ2n) is 4.78. The normalized spacial score (nSPS) is 18.1. The van der Waals surface area contributed by atoms with Crippen molar-refractivity contribution in [3.05, 3.63) is 23.8 Å². The number of rotatable bonds is 4. The van der Waals surface area contributed by atoms with E-state index < -0.39 is 5.97 Å². The van der Waals surface area contributed by atoms with Crippen molar-refractivity contribution in [3.8, 4) is 11.5 Å². The van der Waals surface area contributed by atoms with Gasteiger partial charge in [-0.15, -0.1) is 0 Å². The Balaban J connectivity index is 2.18. The van der Waals surface area contributed by atoms with Gasteiger partial charge in [0, 0.05) is 18.2 Å². The molecule has 1 fully saturated rings. The Bertz CT molecular complexity index is 528. The number of amides is 1. The number of aromatic hydroxyl groups is 1. The number of carbonyl (C=O) groups excluding carboxylic acids is 1. The van der Waals surface area contributed by atoms with Crippen LogP contribution in [0.25, 0.3) is 0 Å². The lowest BCUT2D eigenvalue weighted by Crippen LogP contribution is -2.36. The van der Waals surface area contributed by atoms with E-state index in [4.69, 9.17) is 9.84 Å². The number of likely N-dealkylation sites (tertiary alicyclic amines) is 1. The lowest BCUT2D eigenvalue weighted by Gasteiger charge is -2.23. The number of hydrogen-bond acceptors (Lipinski definition) is 4. The van der Waals surface area contributed by atoms with Crippen molar-refractivity contribution in [2.24, 2.45) is 0 Å². The van der Waals surface area contributed by atoms with Gasteiger partial charge in [0.15, 0.2) is 11.5 Å². The first kappa shape index (κ1) is 14.2. The Morgan fingerprint density at radius 3 is 2.80 bits per heavy atom. The quantitative estimate of drug-likeness (QED) is 0.871. The molecule has 2 N–H and O–H groups in total. The minimum Gasteiger partial charge on any atom is -0.504 e. The molecule has 0 spiro atoms. The molecule has 6 heteroatoms. The first-order chi connectivity index (χ1) is 9.52. The molecule has 1 atom stereocenters. The van der Waals surface area contributed by atoms with Gasteiger partial charge < -0.3 is 19.8 Å². The highest BCUT2D eigenvalue weighted by atomic mass is 16.5. The van der Waals surface area contributed by atoms with Gasteiger partial charge in [-0.1, -0.05) is 0 Å². The Morgan fingerprint density at radius 2 is 2.20 bits per heavy atom. The van der Waals surface area contributed by atoms with Crippen LogP contribution in [0.5, 0.6) is 11.5 Å². The summed E-state index contributed by atoms with van der Waals surface area (Å²) in [6.07, 6.45) is 1.44. The summed E-state index contributed by atoms with van der Waals surface area (Å²) in [4.78, 5) is 24.7. The molecule has 1 heterocycles. The molecular weight excluding hydrogens is 262 g/mol. The Hall–Kier alpha value is -2.24. The van der Waals surface area contributed by atoms with E-state index in [9.17, 15) is 14.7 Å². The molecule has 0 aromatic heterocycles. The first-order valence-electron chi connectivity index (χ1n) is 6.42. The van der Waals surface area contributed by atoms with Crippen molar-refractivity contribution < 1.29 is 24.5 Å². The number of methoxy groups -OCH3 is 1. The fourth-order valence-electron chi connectivity index (χ4n) is 2.51. The molecule has 108 valence electrons. The molecule has 0 aliphatic carbocycles. The summed E-state index contributed by atoms with van der Waals surface area (Å²) >= 11 is 0. The topological polar surface area (TPSA) is 87.1 Å². The number of benzene rings is 1. The van der Waals surface area contributed by atoms with E-state index in [-0.39, 0.29) is 24.1 Å². The molecule has 1 aromatic rings. The Kier molecular flexibility index (Phi) is 4.12. The molecule has 0 saturated carbocycles. The molecule has 1 aliphatic heterocycles. The van der Waals surface area contributed by atoms with Gasteiger partial charge in [0.2, 0.25) is 0 Å². The molecule has 1 saturated heterocycles. The van der Waals surface area contributed by atoms with Gasteiger partial charge in [-0.3, -0.25) is 9.59 Å². The SMILES string of the molecule is COc1ccc(C(=O)N2CCCC2CC(=O)O)cc1O. The maximum Gasteiger partial charge on any atom is 0.305 e. The van der Waals surface area contributed by atoms with Crippen molar-refractivity contribution in [3.63, 3.8) is 0 Å². The number of carboxylic acids is 1. The lowest BCUT2D eigenvalue weighted by atomic mass is 10.1. The van der Waals surface area contributed by atoms with E-state index in [1.54, 1.807) is 11.0 Å². The van der Waals surface area contributed by atoms with Crippen molar-refractivity contribution in [2.45, 2.75) is 25.3 Å². The second kappa shape index (κ2) is 5.81. The third-order valence-corrected chi connectivity index (χ3v) is 3.47. The molecular formula is C14H17NO5. The zero-order valence-corrected chi connectivity index (χ0v) is 11.2. The maximum absolute atomic E-state index is 12.4. The van der Waals surface area contributed by atoms with Crippen molar-refractivity contribution in [2.75, 3.05) is 13.7 Å². The highest BCUT2D eigenvalue weighted by molar-refractivity contribution is 5.95. The summed E-state index contributed by atoms with van der Waals surface area (Å²) in [5.41, 5.74) is 0.334. The largest absolute Gasteiger partial charge is 0.504 e. The lowest BCUT2D eigenvalue weighted by molar-refractivity contribution is -0.137. The van der Waals surface area contributed by atoms with Crippen LogP contribution in [0.15, 0.2) is 18.2 Å². The molecule has 0 bridgehead atoms. The summed E-state index contributed by atoms with van der Waals surface area (Å²) in [5.74, 6) is -0.976. The molecule has 1 aliphatic rings. The summed E-state index contributed by atoms with van der Waals surface area (Å²) in [5, 5.41) is 18.6. The summed E-state index contributed by atoms with van der Waals surface area (Å²) in [6, 6.07) is 4.16. The number of carboxylic acid groups (broad SMARTS) is 1. The zero-order valence-electron chi connectivity index (χ0n) is 11.2. The minimum atomic E-state index is -0.910. The molecule has 1 aromatic carbocycles. The fourth-order valence-corrected chi connectivity index (χ4v) is 2.51. The van der Waals surface area contributed by atoms with Gasteiger partial charge in [-0.05, 0) is 31.0 Å². The Morgan fingerprint density at radius 1 is 1.45 bits per heavy atom. The van der Waals surface area contributed by atoms with Crippen molar-refractivity contribution in [1.82, 2.24) is 4.90 Å². The number of carbonyl (C=O) groups is 2. The van der Waals surface area contributed by atoms with Gasteiger partial charge in [0.1, 0.15) is 0 Å². The molecule has 1 amide bonds. The van der Waals surface area contributed by atoms with Crippen LogP contribution in [0.2, 0.25) is 0 Å². The summed E-state index contributed by atoms with van der Waals surface area (Å²) < 4.78 is 4.93. The van der Waals surface area contributed by atoms with Crippen LogP contribution in [0.3, 0.4) is 0 Å². The number of phenolic OH excluding ortho intramolecular Hbond substituents is 1. The number of phenols is 1. The monoisotopic (exact) mass is 279 g/mol. The smallest absolute Gasteiger partial charge is 0.305 e. The van der Waals surface area contributed by atoms with Crippen LogP contribution in [0.1, 0.15) is 29.6 Å². The average Bonchev–Trinajstić information content (AvgIpc) is 2.85. The zero-order chi connectivity index (χ0) is 14.7. The maximum atomic E-state index is 12.4. The molecule has 2 rings (SSSR count). The molecule has 0 radical (unpaired) electrons. The van der Waals surface area contributed by atoms with Crippen LogP contribution in [0.4, 0.5) is 0 Å². The van der Waals surface area contributed by atoms with E-state index in [2.05, 4.69) is 0 Å². The van der Waals surface area contributed by atoms with Gasteiger partial charge in [-0.2, -0.15) is 0 Å². The highest BCUT2D eigenvalue weighted by Gasteiger charge is 2.31. The van der Waals surface area contributed by atoms with Gasteiger partial charge in [0.05, 0.1) is 13.5 Å². The number of hydrogen-bond donors (Lipinski definition) is 2. The van der Waals surface area contributed by atoms with Crippen LogP contribution in [0, 0.1) is 0 Å². The predicted octanol–water partition coefficient (Wildman–Crippen LogP) is 1.48. The fraction of sp³-hybridized carbons (Fsp3) is 0.429. The third kappa shape index (κ3) is 2.84. The van der Waals surface area contributed by atoms with Crippen LogP contribution in [-0.4, -0.2) is 46.7 Å². The number of nitrogens with zero attached hydrogens (tertiary/aromatic N) is 1. The van der Waals surface area contributed by atoms with Crippen molar-refractivity contribution >= 4 is 11.9 Å². The average molecular weight is 279 g/mol. The highest BCUT2D eigenvalue weighted by Crippen LogP contribution is 2.28. The number of aliphatic carboxylic acids is 1. The number of ether oxygens (including phenoxy) is 1. The standard InChI is InChI=1S/C14H17NO5/c1-20-12-5-4-9(7-11(12)16)14(19)15-6-2-3-10(15)8-13(17)18/h4-5,7,10,16H,2-3,6,8H2,1H3,(H,17,18). The van der Waals surface area contributed by atoms with Crippen LogP contribution in [-0.2, 0) is 4.79 Å². The predicted molar refractivity (Wildman–Crippen MR) is 71.0 cm³/mol. The minimum absolute atomic E-state index is 0.0477. The van der Waals surface area contributed by atoms with Gasteiger partial charge in [0.25, 0.3) is 5.91 Å². The molecule has 1 unspecified atom stereocenters. The summed E-state index contributed by atoms with van der Waals surface area (Å²) in [6.45, 7) is 0.545. The first-order valence-corrected chi connectivity index (χ1v) is 6.42. The van der Waals surface area contributed by atoms with E-state index in [1.807, 2.05) is 0 Å². The van der Waals surface area contributed by atoms with E-state index in [0.717, 1.165) is 6.42 Å². The van der Waals surface area contributed by atoms with Crippen LogP contribution >= 0.6 is 0 Å².